The summed E-state index contributed by atoms with van der Waals surface area (Å²) in [6.45, 7) is 6.30. The number of nitrogens with zero attached hydrogens (tertiary/aromatic N) is 1. The third kappa shape index (κ3) is 4.04. The average molecular weight is 260 g/mol. The molecule has 1 rings (SSSR count). The molecule has 0 radical (unpaired) electrons. The van der Waals surface area contributed by atoms with Crippen LogP contribution in [0, 0.1) is 0 Å². The van der Waals surface area contributed by atoms with Crippen molar-refractivity contribution in [1.82, 2.24) is 4.90 Å². The van der Waals surface area contributed by atoms with Gasteiger partial charge < -0.3 is 9.64 Å². The fourth-order valence-corrected chi connectivity index (χ4v) is 2.01. The van der Waals surface area contributed by atoms with E-state index in [1.807, 2.05) is 0 Å². The zero-order valence-corrected chi connectivity index (χ0v) is 10.8. The number of hydrogen-bond donors (Lipinski definition) is 0. The van der Waals surface area contributed by atoms with Gasteiger partial charge in [-0.1, -0.05) is 6.58 Å². The molecule has 1 aliphatic heterocycles. The maximum atomic E-state index is 11.8. The van der Waals surface area contributed by atoms with Gasteiger partial charge in [0.2, 0.25) is 5.91 Å². The molecule has 0 aromatic rings. The molecule has 0 N–H and O–H groups in total. The summed E-state index contributed by atoms with van der Waals surface area (Å²) in [4.78, 5) is 24.7. The van der Waals surface area contributed by atoms with Crippen molar-refractivity contribution in [2.45, 2.75) is 32.2 Å². The Balaban J connectivity index is 2.44. The van der Waals surface area contributed by atoms with Crippen molar-refractivity contribution in [3.8, 4) is 0 Å². The van der Waals surface area contributed by atoms with Crippen molar-refractivity contribution in [1.29, 1.82) is 0 Å². The first-order chi connectivity index (χ1) is 8.06. The Hall–Kier alpha value is -1.03. The minimum absolute atomic E-state index is 0.0153. The monoisotopic (exact) mass is 259 g/mol. The van der Waals surface area contributed by atoms with Crippen molar-refractivity contribution in [3.05, 3.63) is 12.2 Å². The first kappa shape index (κ1) is 14.0. The van der Waals surface area contributed by atoms with Crippen molar-refractivity contribution in [2.24, 2.45) is 0 Å². The van der Waals surface area contributed by atoms with E-state index < -0.39 is 0 Å². The summed E-state index contributed by atoms with van der Waals surface area (Å²) in [7, 11) is 0. The number of halogens is 1. The van der Waals surface area contributed by atoms with Gasteiger partial charge in [0.1, 0.15) is 6.61 Å². The van der Waals surface area contributed by atoms with Crippen LogP contribution in [0.25, 0.3) is 0 Å². The van der Waals surface area contributed by atoms with Gasteiger partial charge in [0.25, 0.3) is 0 Å². The van der Waals surface area contributed by atoms with Crippen LogP contribution < -0.4 is 0 Å². The lowest BCUT2D eigenvalue weighted by Crippen LogP contribution is -2.39. The summed E-state index contributed by atoms with van der Waals surface area (Å²) < 4.78 is 5.08. The molecule has 0 spiro atoms. The lowest BCUT2D eigenvalue weighted by molar-refractivity contribution is -0.146. The van der Waals surface area contributed by atoms with E-state index in [1.54, 1.807) is 11.8 Å². The number of rotatable bonds is 5. The minimum atomic E-state index is -0.311. The molecule has 0 bridgehead atoms. The molecule has 0 saturated carbocycles. The van der Waals surface area contributed by atoms with Crippen LogP contribution in [0.15, 0.2) is 12.2 Å². The van der Waals surface area contributed by atoms with E-state index in [9.17, 15) is 9.59 Å². The van der Waals surface area contributed by atoms with E-state index in [0.717, 1.165) is 12.8 Å². The van der Waals surface area contributed by atoms with Crippen LogP contribution in [-0.2, 0) is 14.3 Å². The summed E-state index contributed by atoms with van der Waals surface area (Å²) in [5.41, 5.74) is 0.518. The van der Waals surface area contributed by atoms with Gasteiger partial charge in [-0.15, -0.1) is 11.6 Å². The van der Waals surface area contributed by atoms with Gasteiger partial charge in [0, 0.05) is 18.0 Å². The van der Waals surface area contributed by atoms with Gasteiger partial charge in [-0.3, -0.25) is 9.59 Å². The zero-order chi connectivity index (χ0) is 12.8. The Morgan fingerprint density at radius 1 is 1.53 bits per heavy atom. The highest BCUT2D eigenvalue weighted by Gasteiger charge is 2.29. The Labute approximate surface area is 107 Å². The van der Waals surface area contributed by atoms with E-state index in [0.29, 0.717) is 12.1 Å². The molecular formula is C12H18ClNO3. The number of carbonyl (C=O) groups excluding carboxylic acids is 2. The Morgan fingerprint density at radius 2 is 2.24 bits per heavy atom. The molecule has 1 heterocycles. The van der Waals surface area contributed by atoms with E-state index in [1.165, 1.54) is 0 Å². The second-order valence-electron chi connectivity index (χ2n) is 4.20. The van der Waals surface area contributed by atoms with E-state index in [2.05, 4.69) is 6.58 Å². The van der Waals surface area contributed by atoms with Crippen LogP contribution in [0.1, 0.15) is 26.2 Å². The van der Waals surface area contributed by atoms with Crippen LogP contribution in [-0.4, -0.2) is 41.8 Å². The lowest BCUT2D eigenvalue weighted by Gasteiger charge is -2.24. The number of hydrogen-bond acceptors (Lipinski definition) is 3. The molecule has 96 valence electrons. The van der Waals surface area contributed by atoms with Crippen LogP contribution in [0.5, 0.6) is 0 Å². The molecule has 0 aliphatic carbocycles. The topological polar surface area (TPSA) is 46.6 Å². The highest BCUT2D eigenvalue weighted by molar-refractivity contribution is 6.18. The molecule has 1 unspecified atom stereocenters. The largest absolute Gasteiger partial charge is 0.463 e. The Bertz CT molecular complexity index is 317. The van der Waals surface area contributed by atoms with Gasteiger partial charge in [-0.2, -0.15) is 0 Å². The SMILES string of the molecule is C=C(C)C(=O)N1CCCC1COC(=O)CCCl. The summed E-state index contributed by atoms with van der Waals surface area (Å²) in [6.07, 6.45) is 2.02. The second kappa shape index (κ2) is 6.64. The minimum Gasteiger partial charge on any atom is -0.463 e. The second-order valence-corrected chi connectivity index (χ2v) is 4.57. The fourth-order valence-electron chi connectivity index (χ4n) is 1.86. The Morgan fingerprint density at radius 3 is 2.82 bits per heavy atom. The first-order valence-corrected chi connectivity index (χ1v) is 6.27. The molecule has 1 amide bonds. The molecule has 0 aromatic carbocycles. The number of esters is 1. The lowest BCUT2D eigenvalue weighted by atomic mass is 10.2. The third-order valence-electron chi connectivity index (χ3n) is 2.74. The van der Waals surface area contributed by atoms with E-state index in [4.69, 9.17) is 16.3 Å². The predicted octanol–water partition coefficient (Wildman–Crippen LogP) is 1.73. The van der Waals surface area contributed by atoms with E-state index >= 15 is 0 Å². The standard InChI is InChI=1S/C12H18ClNO3/c1-9(2)12(16)14-7-3-4-10(14)8-17-11(15)5-6-13/h10H,1,3-8H2,2H3. The molecule has 1 atom stereocenters. The van der Waals surface area contributed by atoms with Crippen LogP contribution >= 0.6 is 11.6 Å². The number of amides is 1. The molecule has 5 heteroatoms. The van der Waals surface area contributed by atoms with Crippen molar-refractivity contribution in [2.75, 3.05) is 19.0 Å². The average Bonchev–Trinajstić information content (AvgIpc) is 2.73. The highest BCUT2D eigenvalue weighted by Crippen LogP contribution is 2.19. The molecular weight excluding hydrogens is 242 g/mol. The van der Waals surface area contributed by atoms with Crippen LogP contribution in [0.3, 0.4) is 0 Å². The van der Waals surface area contributed by atoms with Gasteiger partial charge in [-0.25, -0.2) is 0 Å². The number of ether oxygens (including phenoxy) is 1. The predicted molar refractivity (Wildman–Crippen MR) is 65.8 cm³/mol. The van der Waals surface area contributed by atoms with Gasteiger partial charge in [0.15, 0.2) is 0 Å². The Kier molecular flexibility index (Phi) is 5.48. The summed E-state index contributed by atoms with van der Waals surface area (Å²) >= 11 is 5.44. The molecule has 17 heavy (non-hydrogen) atoms. The molecule has 4 nitrogen and oxygen atoms in total. The van der Waals surface area contributed by atoms with Crippen molar-refractivity contribution < 1.29 is 14.3 Å². The summed E-state index contributed by atoms with van der Waals surface area (Å²) in [5, 5.41) is 0. The maximum Gasteiger partial charge on any atom is 0.307 e. The number of alkyl halides is 1. The molecule has 1 fully saturated rings. The normalized spacial score (nSPS) is 19.2. The highest BCUT2D eigenvalue weighted by atomic mass is 35.5. The number of likely N-dealkylation sites (tertiary alicyclic amines) is 1. The fraction of sp³-hybridized carbons (Fsp3) is 0.667. The van der Waals surface area contributed by atoms with Crippen molar-refractivity contribution >= 4 is 23.5 Å². The zero-order valence-electron chi connectivity index (χ0n) is 10.1. The molecule has 1 saturated heterocycles. The van der Waals surface area contributed by atoms with E-state index in [-0.39, 0.29) is 36.8 Å². The summed E-state index contributed by atoms with van der Waals surface area (Å²) in [5.74, 6) is -0.103. The third-order valence-corrected chi connectivity index (χ3v) is 2.93. The van der Waals surface area contributed by atoms with Gasteiger partial charge in [-0.05, 0) is 19.8 Å². The molecule has 0 aromatic heterocycles. The van der Waals surface area contributed by atoms with Crippen LogP contribution in [0.4, 0.5) is 0 Å². The first-order valence-electron chi connectivity index (χ1n) is 5.74. The molecule has 1 aliphatic rings. The van der Waals surface area contributed by atoms with Gasteiger partial charge >= 0.3 is 5.97 Å². The maximum absolute atomic E-state index is 11.8. The number of carbonyl (C=O) groups is 2. The van der Waals surface area contributed by atoms with Gasteiger partial charge in [0.05, 0.1) is 12.5 Å². The smallest absolute Gasteiger partial charge is 0.307 e. The quantitative estimate of drug-likeness (QED) is 0.429. The van der Waals surface area contributed by atoms with Crippen molar-refractivity contribution in [3.63, 3.8) is 0 Å². The summed E-state index contributed by atoms with van der Waals surface area (Å²) in [6, 6.07) is -0.0153. The van der Waals surface area contributed by atoms with Crippen LogP contribution in [0.2, 0.25) is 0 Å².